The van der Waals surface area contributed by atoms with Crippen molar-refractivity contribution in [2.75, 3.05) is 0 Å². The van der Waals surface area contributed by atoms with E-state index in [2.05, 4.69) is 4.99 Å². The fourth-order valence-electron chi connectivity index (χ4n) is 1.30. The van der Waals surface area contributed by atoms with Crippen LogP contribution in [0, 0.1) is 0 Å². The number of aromatic nitrogens is 1. The lowest BCUT2D eigenvalue weighted by atomic mass is 10.2. The lowest BCUT2D eigenvalue weighted by Gasteiger charge is -1.98. The summed E-state index contributed by atoms with van der Waals surface area (Å²) in [5.74, 6) is 0. The van der Waals surface area contributed by atoms with Gasteiger partial charge in [0.25, 0.3) is 0 Å². The van der Waals surface area contributed by atoms with Gasteiger partial charge < -0.3 is 5.73 Å². The van der Waals surface area contributed by atoms with E-state index >= 15 is 0 Å². The van der Waals surface area contributed by atoms with Crippen LogP contribution in [-0.2, 0) is 6.54 Å². The Morgan fingerprint density at radius 1 is 1.38 bits per heavy atom. The highest BCUT2D eigenvalue weighted by molar-refractivity contribution is 7.80. The van der Waals surface area contributed by atoms with Crippen LogP contribution in [0.1, 0.15) is 5.56 Å². The van der Waals surface area contributed by atoms with Gasteiger partial charge >= 0.3 is 0 Å². The quantitative estimate of drug-likeness (QED) is 0.824. The van der Waals surface area contributed by atoms with Gasteiger partial charge in [0.2, 0.25) is 0 Å². The molecule has 2 rings (SSSR count). The molecule has 2 aromatic rings. The number of thiazole rings is 1. The van der Waals surface area contributed by atoms with Gasteiger partial charge in [0, 0.05) is 11.6 Å². The molecule has 16 heavy (non-hydrogen) atoms. The minimum absolute atomic E-state index is 0.327. The molecule has 2 N–H and O–H groups in total. The summed E-state index contributed by atoms with van der Waals surface area (Å²) in [4.78, 5) is 5.30. The van der Waals surface area contributed by atoms with Gasteiger partial charge in [-0.25, -0.2) is 0 Å². The first kappa shape index (κ1) is 11.0. The highest BCUT2D eigenvalue weighted by Gasteiger charge is 1.96. The summed E-state index contributed by atoms with van der Waals surface area (Å²) in [7, 11) is 0. The van der Waals surface area contributed by atoms with Crippen molar-refractivity contribution in [1.29, 1.82) is 0 Å². The molecule has 5 heteroatoms. The van der Waals surface area contributed by atoms with Gasteiger partial charge in [-0.2, -0.15) is 0 Å². The predicted octanol–water partition coefficient (Wildman–Crippen LogP) is 1.74. The van der Waals surface area contributed by atoms with Crippen LogP contribution in [0.2, 0.25) is 0 Å². The molecule has 0 saturated heterocycles. The Hall–Kier alpha value is -1.46. The van der Waals surface area contributed by atoms with E-state index in [1.54, 1.807) is 4.57 Å². The Morgan fingerprint density at radius 2 is 2.12 bits per heavy atom. The Kier molecular flexibility index (Phi) is 3.48. The van der Waals surface area contributed by atoms with Crippen LogP contribution in [-0.4, -0.2) is 9.68 Å². The van der Waals surface area contributed by atoms with Gasteiger partial charge in [0.1, 0.15) is 0 Å². The van der Waals surface area contributed by atoms with Crippen LogP contribution in [0.15, 0.2) is 46.9 Å². The molecule has 0 amide bonds. The number of rotatable bonds is 2. The first-order valence-electron chi connectivity index (χ1n) is 4.78. The van der Waals surface area contributed by atoms with Crippen molar-refractivity contribution in [1.82, 2.24) is 4.57 Å². The molecule has 0 fully saturated rings. The van der Waals surface area contributed by atoms with Crippen LogP contribution in [0.25, 0.3) is 0 Å². The topological polar surface area (TPSA) is 43.3 Å². The van der Waals surface area contributed by atoms with Crippen molar-refractivity contribution in [2.45, 2.75) is 6.54 Å². The van der Waals surface area contributed by atoms with Crippen molar-refractivity contribution in [3.05, 3.63) is 52.3 Å². The zero-order valence-electron chi connectivity index (χ0n) is 8.54. The SMILES string of the molecule is NC(=S)n1ccsc1=NCc1ccccc1. The number of nitrogens with two attached hydrogens (primary N) is 1. The molecule has 1 heterocycles. The third kappa shape index (κ3) is 2.56. The van der Waals surface area contributed by atoms with Gasteiger partial charge in [-0.05, 0) is 17.8 Å². The van der Waals surface area contributed by atoms with E-state index in [1.165, 1.54) is 16.9 Å². The van der Waals surface area contributed by atoms with Crippen molar-refractivity contribution < 1.29 is 0 Å². The fourth-order valence-corrected chi connectivity index (χ4v) is 2.22. The van der Waals surface area contributed by atoms with Gasteiger partial charge in [0.05, 0.1) is 6.54 Å². The normalized spacial score (nSPS) is 11.6. The van der Waals surface area contributed by atoms with Crippen molar-refractivity contribution >= 4 is 28.7 Å². The van der Waals surface area contributed by atoms with Gasteiger partial charge in [-0.1, -0.05) is 30.3 Å². The first-order valence-corrected chi connectivity index (χ1v) is 6.06. The van der Waals surface area contributed by atoms with E-state index in [4.69, 9.17) is 18.0 Å². The zero-order valence-corrected chi connectivity index (χ0v) is 10.2. The van der Waals surface area contributed by atoms with Crippen LogP contribution in [0.3, 0.4) is 0 Å². The molecule has 1 aromatic carbocycles. The predicted molar refractivity (Wildman–Crippen MR) is 70.2 cm³/mol. The van der Waals surface area contributed by atoms with E-state index in [9.17, 15) is 0 Å². The highest BCUT2D eigenvalue weighted by atomic mass is 32.1. The summed E-state index contributed by atoms with van der Waals surface area (Å²) in [6, 6.07) is 10.1. The fraction of sp³-hybridized carbons (Fsp3) is 0.0909. The summed E-state index contributed by atoms with van der Waals surface area (Å²) in [5.41, 5.74) is 6.74. The molecule has 0 unspecified atom stereocenters. The molecule has 3 nitrogen and oxygen atoms in total. The highest BCUT2D eigenvalue weighted by Crippen LogP contribution is 2.00. The first-order chi connectivity index (χ1) is 7.77. The standard InChI is InChI=1S/C11H11N3S2/c12-10(15)14-6-7-16-11(14)13-8-9-4-2-1-3-5-9/h1-7H,8H2,(H2,12,15). The van der Waals surface area contributed by atoms with E-state index < -0.39 is 0 Å². The Morgan fingerprint density at radius 3 is 2.81 bits per heavy atom. The van der Waals surface area contributed by atoms with E-state index in [-0.39, 0.29) is 0 Å². The molecular weight excluding hydrogens is 238 g/mol. The van der Waals surface area contributed by atoms with Crippen LogP contribution in [0.5, 0.6) is 0 Å². The molecular formula is C11H11N3S2. The van der Waals surface area contributed by atoms with E-state index in [1.807, 2.05) is 41.9 Å². The minimum atomic E-state index is 0.327. The molecule has 0 aliphatic heterocycles. The maximum atomic E-state index is 5.57. The Labute approximate surface area is 103 Å². The second-order valence-electron chi connectivity index (χ2n) is 3.20. The third-order valence-corrected chi connectivity index (χ3v) is 3.06. The largest absolute Gasteiger partial charge is 0.376 e. The summed E-state index contributed by atoms with van der Waals surface area (Å²) < 4.78 is 1.71. The van der Waals surface area contributed by atoms with Crippen LogP contribution >= 0.6 is 23.6 Å². The minimum Gasteiger partial charge on any atom is -0.376 e. The second-order valence-corrected chi connectivity index (χ2v) is 4.49. The number of thiocarbonyl (C=S) groups is 1. The molecule has 0 saturated carbocycles. The number of hydrogen-bond acceptors (Lipinski definition) is 3. The number of nitrogens with zero attached hydrogens (tertiary/aromatic N) is 2. The molecule has 0 aliphatic rings. The van der Waals surface area contributed by atoms with Crippen molar-refractivity contribution in [3.8, 4) is 0 Å². The lowest BCUT2D eigenvalue weighted by Crippen LogP contribution is -2.27. The van der Waals surface area contributed by atoms with E-state index in [0.29, 0.717) is 11.7 Å². The average molecular weight is 249 g/mol. The molecule has 1 aromatic heterocycles. The third-order valence-electron chi connectivity index (χ3n) is 2.07. The number of hydrogen-bond donors (Lipinski definition) is 1. The summed E-state index contributed by atoms with van der Waals surface area (Å²) in [6.45, 7) is 0.643. The zero-order chi connectivity index (χ0) is 11.4. The molecule has 0 atom stereocenters. The Balaban J connectivity index is 2.25. The maximum Gasteiger partial charge on any atom is 0.191 e. The van der Waals surface area contributed by atoms with Crippen LogP contribution in [0.4, 0.5) is 0 Å². The summed E-state index contributed by atoms with van der Waals surface area (Å²) >= 11 is 6.45. The van der Waals surface area contributed by atoms with Crippen LogP contribution < -0.4 is 10.5 Å². The van der Waals surface area contributed by atoms with Crippen molar-refractivity contribution in [3.63, 3.8) is 0 Å². The second kappa shape index (κ2) is 5.05. The Bertz CT molecular complexity index is 540. The van der Waals surface area contributed by atoms with E-state index in [0.717, 1.165) is 4.80 Å². The molecule has 0 bridgehead atoms. The summed E-state index contributed by atoms with van der Waals surface area (Å²) in [6.07, 6.45) is 1.83. The molecule has 0 aliphatic carbocycles. The monoisotopic (exact) mass is 249 g/mol. The maximum absolute atomic E-state index is 5.57. The smallest absolute Gasteiger partial charge is 0.191 e. The van der Waals surface area contributed by atoms with Gasteiger partial charge in [-0.15, -0.1) is 11.3 Å². The molecule has 0 spiro atoms. The van der Waals surface area contributed by atoms with Crippen molar-refractivity contribution in [2.24, 2.45) is 10.7 Å². The summed E-state index contributed by atoms with van der Waals surface area (Å²) in [5, 5.41) is 2.25. The lowest BCUT2D eigenvalue weighted by molar-refractivity contribution is 0.953. The molecule has 82 valence electrons. The number of benzene rings is 1. The molecule has 0 radical (unpaired) electrons. The van der Waals surface area contributed by atoms with Gasteiger partial charge in [-0.3, -0.25) is 9.56 Å². The van der Waals surface area contributed by atoms with Gasteiger partial charge in [0.15, 0.2) is 9.91 Å². The average Bonchev–Trinajstić information content (AvgIpc) is 2.76.